The first-order chi connectivity index (χ1) is 12.3. The molecule has 150 valence electrons. The molecule has 2 heteroatoms. The highest BCUT2D eigenvalue weighted by atomic mass is 16.5. The molecule has 0 aromatic rings. The summed E-state index contributed by atoms with van der Waals surface area (Å²) in [6, 6.07) is 0. The van der Waals surface area contributed by atoms with Gasteiger partial charge in [-0.3, -0.25) is 0 Å². The molecule has 4 saturated carbocycles. The molecule has 2 nitrogen and oxygen atoms in total. The molecule has 0 spiro atoms. The summed E-state index contributed by atoms with van der Waals surface area (Å²) in [4.78, 5) is 2.24. The number of nitrogens with zero attached hydrogens (tertiary/aromatic N) is 1. The monoisotopic (exact) mass is 361 g/mol. The quantitative estimate of drug-likeness (QED) is 0.645. The molecule has 0 aromatic carbocycles. The maximum atomic E-state index is 6.28. The summed E-state index contributed by atoms with van der Waals surface area (Å²) in [6.07, 6.45) is 13.6. The molecule has 0 aliphatic heterocycles. The van der Waals surface area contributed by atoms with Crippen LogP contribution < -0.4 is 0 Å². The van der Waals surface area contributed by atoms with Crippen LogP contribution in [0.3, 0.4) is 0 Å². The van der Waals surface area contributed by atoms with Crippen molar-refractivity contribution in [2.24, 2.45) is 40.4 Å². The first kappa shape index (κ1) is 19.2. The normalized spacial score (nSPS) is 51.0. The number of hydrogen-bond donors (Lipinski definition) is 0. The fourth-order valence-electron chi connectivity index (χ4n) is 8.03. The van der Waals surface area contributed by atoms with E-state index in [1.807, 2.05) is 0 Å². The molecule has 0 saturated heterocycles. The average molecular weight is 362 g/mol. The van der Waals surface area contributed by atoms with Gasteiger partial charge in [0.2, 0.25) is 0 Å². The predicted octanol–water partition coefficient (Wildman–Crippen LogP) is 5.61. The summed E-state index contributed by atoms with van der Waals surface area (Å²) < 4.78 is 6.28. The standard InChI is InChI=1S/C24H43NO/c1-17-6-9-21-20-8-7-18-16-19(26-15-14-25(4)5)10-12-24(18,3)22(20)11-13-23(17,21)2/h17-22H,6-16H2,1-5H3/t17-,18?,19-,20?,21?,22?,23+,24-/m0/s1. The number of rotatable bonds is 4. The van der Waals surface area contributed by atoms with E-state index >= 15 is 0 Å². The predicted molar refractivity (Wildman–Crippen MR) is 109 cm³/mol. The van der Waals surface area contributed by atoms with Crippen molar-refractivity contribution in [1.29, 1.82) is 0 Å². The van der Waals surface area contributed by atoms with Gasteiger partial charge in [0, 0.05) is 6.54 Å². The van der Waals surface area contributed by atoms with Crippen LogP contribution in [0, 0.1) is 40.4 Å². The van der Waals surface area contributed by atoms with Crippen LogP contribution in [-0.2, 0) is 4.74 Å². The van der Waals surface area contributed by atoms with Crippen molar-refractivity contribution in [3.8, 4) is 0 Å². The molecule has 0 radical (unpaired) electrons. The van der Waals surface area contributed by atoms with E-state index in [4.69, 9.17) is 4.74 Å². The molecule has 4 unspecified atom stereocenters. The minimum Gasteiger partial charge on any atom is -0.377 e. The Bertz CT molecular complexity index is 504. The van der Waals surface area contributed by atoms with Crippen molar-refractivity contribution >= 4 is 0 Å². The summed E-state index contributed by atoms with van der Waals surface area (Å²) in [6.45, 7) is 9.85. The zero-order valence-corrected chi connectivity index (χ0v) is 18.1. The molecule has 4 aliphatic carbocycles. The maximum Gasteiger partial charge on any atom is 0.0596 e. The van der Waals surface area contributed by atoms with Crippen molar-refractivity contribution in [3.63, 3.8) is 0 Å². The van der Waals surface area contributed by atoms with E-state index in [1.54, 1.807) is 0 Å². The van der Waals surface area contributed by atoms with Gasteiger partial charge >= 0.3 is 0 Å². The van der Waals surface area contributed by atoms with Crippen LogP contribution in [-0.4, -0.2) is 38.3 Å². The fourth-order valence-corrected chi connectivity index (χ4v) is 8.03. The van der Waals surface area contributed by atoms with Crippen LogP contribution in [0.1, 0.15) is 78.6 Å². The summed E-state index contributed by atoms with van der Waals surface area (Å²) >= 11 is 0. The Balaban J connectivity index is 1.42. The van der Waals surface area contributed by atoms with Gasteiger partial charge in [0.1, 0.15) is 0 Å². The van der Waals surface area contributed by atoms with Gasteiger partial charge in [-0.05, 0) is 112 Å². The largest absolute Gasteiger partial charge is 0.377 e. The number of likely N-dealkylation sites (N-methyl/N-ethyl adjacent to an activating group) is 1. The summed E-state index contributed by atoms with van der Waals surface area (Å²) in [5, 5.41) is 0. The van der Waals surface area contributed by atoms with Crippen molar-refractivity contribution in [2.75, 3.05) is 27.2 Å². The lowest BCUT2D eigenvalue weighted by Gasteiger charge is -2.61. The number of ether oxygens (including phenoxy) is 1. The molecule has 26 heavy (non-hydrogen) atoms. The van der Waals surface area contributed by atoms with E-state index in [-0.39, 0.29) is 0 Å². The van der Waals surface area contributed by atoms with Crippen molar-refractivity contribution in [2.45, 2.75) is 84.7 Å². The third kappa shape index (κ3) is 3.08. The highest BCUT2D eigenvalue weighted by Gasteiger charge is 2.59. The molecule has 0 heterocycles. The second-order valence-electron chi connectivity index (χ2n) is 11.3. The Kier molecular flexibility index (Phi) is 5.23. The van der Waals surface area contributed by atoms with Crippen LogP contribution in [0.4, 0.5) is 0 Å². The first-order valence-electron chi connectivity index (χ1n) is 11.6. The van der Waals surface area contributed by atoms with Gasteiger partial charge in [-0.25, -0.2) is 0 Å². The van der Waals surface area contributed by atoms with Gasteiger partial charge in [0.15, 0.2) is 0 Å². The van der Waals surface area contributed by atoms with Crippen LogP contribution >= 0.6 is 0 Å². The van der Waals surface area contributed by atoms with Crippen molar-refractivity contribution in [1.82, 2.24) is 4.90 Å². The molecular weight excluding hydrogens is 318 g/mol. The Morgan fingerprint density at radius 2 is 1.62 bits per heavy atom. The molecule has 4 rings (SSSR count). The summed E-state index contributed by atoms with van der Waals surface area (Å²) in [5.41, 5.74) is 1.27. The molecule has 0 bridgehead atoms. The molecule has 0 amide bonds. The van der Waals surface area contributed by atoms with Gasteiger partial charge < -0.3 is 9.64 Å². The highest BCUT2D eigenvalue weighted by molar-refractivity contribution is 5.08. The van der Waals surface area contributed by atoms with E-state index in [2.05, 4.69) is 39.8 Å². The van der Waals surface area contributed by atoms with Crippen LogP contribution in [0.15, 0.2) is 0 Å². The second-order valence-corrected chi connectivity index (χ2v) is 11.3. The Hall–Kier alpha value is -0.0800. The lowest BCUT2D eigenvalue weighted by molar-refractivity contribution is -0.134. The summed E-state index contributed by atoms with van der Waals surface area (Å²) in [7, 11) is 4.28. The molecule has 4 aliphatic rings. The second kappa shape index (κ2) is 7.07. The van der Waals surface area contributed by atoms with Gasteiger partial charge in [-0.2, -0.15) is 0 Å². The van der Waals surface area contributed by atoms with Gasteiger partial charge in [0.05, 0.1) is 12.7 Å². The van der Waals surface area contributed by atoms with Crippen molar-refractivity contribution < 1.29 is 4.74 Å². The summed E-state index contributed by atoms with van der Waals surface area (Å²) in [5.74, 6) is 4.95. The maximum absolute atomic E-state index is 6.28. The minimum atomic E-state index is 0.532. The smallest absolute Gasteiger partial charge is 0.0596 e. The lowest BCUT2D eigenvalue weighted by atomic mass is 9.45. The fraction of sp³-hybridized carbons (Fsp3) is 1.00. The third-order valence-corrected chi connectivity index (χ3v) is 9.98. The van der Waals surface area contributed by atoms with E-state index in [0.29, 0.717) is 16.9 Å². The minimum absolute atomic E-state index is 0.532. The highest BCUT2D eigenvalue weighted by Crippen LogP contribution is 2.67. The van der Waals surface area contributed by atoms with Gasteiger partial charge in [-0.15, -0.1) is 0 Å². The van der Waals surface area contributed by atoms with E-state index in [0.717, 1.165) is 42.7 Å². The molecule has 8 atom stereocenters. The van der Waals surface area contributed by atoms with Crippen LogP contribution in [0.2, 0.25) is 0 Å². The average Bonchev–Trinajstić information content (AvgIpc) is 2.90. The van der Waals surface area contributed by atoms with Gasteiger partial charge in [-0.1, -0.05) is 20.8 Å². The van der Waals surface area contributed by atoms with Gasteiger partial charge in [0.25, 0.3) is 0 Å². The van der Waals surface area contributed by atoms with Crippen LogP contribution in [0.25, 0.3) is 0 Å². The Labute approximate surface area is 162 Å². The third-order valence-electron chi connectivity index (χ3n) is 9.98. The van der Waals surface area contributed by atoms with E-state index in [1.165, 1.54) is 57.8 Å². The number of fused-ring (bicyclic) bond motifs is 5. The SMILES string of the molecule is C[C@H]1CCC2C3CCC4C[C@@H](OCCN(C)C)CC[C@]4(C)C3CC[C@@]21C. The molecule has 0 aromatic heterocycles. The first-order valence-corrected chi connectivity index (χ1v) is 11.6. The molecule has 4 fully saturated rings. The zero-order valence-electron chi connectivity index (χ0n) is 18.1. The molecular formula is C24H43NO. The zero-order chi connectivity index (χ0) is 18.5. The lowest BCUT2D eigenvalue weighted by Crippen LogP contribution is -2.54. The van der Waals surface area contributed by atoms with E-state index < -0.39 is 0 Å². The topological polar surface area (TPSA) is 12.5 Å². The molecule has 0 N–H and O–H groups in total. The Morgan fingerprint density at radius 3 is 2.38 bits per heavy atom. The van der Waals surface area contributed by atoms with Crippen molar-refractivity contribution in [3.05, 3.63) is 0 Å². The Morgan fingerprint density at radius 1 is 0.885 bits per heavy atom. The van der Waals surface area contributed by atoms with Crippen LogP contribution in [0.5, 0.6) is 0 Å². The van der Waals surface area contributed by atoms with E-state index in [9.17, 15) is 0 Å². The number of hydrogen-bond acceptors (Lipinski definition) is 2.